The molecule has 0 atom stereocenters. The summed E-state index contributed by atoms with van der Waals surface area (Å²) in [6.45, 7) is 0. The highest BCUT2D eigenvalue weighted by atomic mass is 15.0. The van der Waals surface area contributed by atoms with Crippen LogP contribution in [0.25, 0.3) is 82.1 Å². The van der Waals surface area contributed by atoms with Crippen LogP contribution in [0.5, 0.6) is 0 Å². The van der Waals surface area contributed by atoms with Crippen molar-refractivity contribution in [2.24, 2.45) is 0 Å². The second-order valence-corrected chi connectivity index (χ2v) is 11.3. The van der Waals surface area contributed by atoms with Gasteiger partial charge in [-0.15, -0.1) is 0 Å². The van der Waals surface area contributed by atoms with Gasteiger partial charge in [0.2, 0.25) is 0 Å². The Morgan fingerprint density at radius 3 is 1.70 bits per heavy atom. The summed E-state index contributed by atoms with van der Waals surface area (Å²) in [5.74, 6) is 0. The first-order chi connectivity index (χ1) is 21.4. The average molecular weight is 546 g/mol. The zero-order valence-electron chi connectivity index (χ0n) is 23.5. The first-order valence-electron chi connectivity index (χ1n) is 14.9. The van der Waals surface area contributed by atoms with Gasteiger partial charge in [-0.3, -0.25) is 0 Å². The van der Waals surface area contributed by atoms with Gasteiger partial charge in [-0.1, -0.05) is 133 Å². The molecule has 0 aliphatic heterocycles. The summed E-state index contributed by atoms with van der Waals surface area (Å²) in [5, 5.41) is 10.3. The zero-order chi connectivity index (χ0) is 28.3. The largest absolute Gasteiger partial charge is 0.309 e. The lowest BCUT2D eigenvalue weighted by Gasteiger charge is -2.16. The van der Waals surface area contributed by atoms with Crippen LogP contribution in [-0.4, -0.2) is 4.57 Å². The summed E-state index contributed by atoms with van der Waals surface area (Å²) >= 11 is 0. The van der Waals surface area contributed by atoms with Gasteiger partial charge in [-0.25, -0.2) is 0 Å². The Balaban J connectivity index is 1.48. The van der Waals surface area contributed by atoms with E-state index in [1.165, 1.54) is 82.1 Å². The minimum atomic E-state index is 1.18. The smallest absolute Gasteiger partial charge is 0.0626 e. The highest BCUT2D eigenvalue weighted by Gasteiger charge is 2.21. The molecule has 200 valence electrons. The molecule has 0 N–H and O–H groups in total. The third-order valence-corrected chi connectivity index (χ3v) is 8.94. The molecule has 8 aromatic carbocycles. The van der Waals surface area contributed by atoms with Crippen molar-refractivity contribution in [3.05, 3.63) is 164 Å². The van der Waals surface area contributed by atoms with Crippen molar-refractivity contribution in [1.29, 1.82) is 0 Å². The summed E-state index contributed by atoms with van der Waals surface area (Å²) in [6.07, 6.45) is 0. The summed E-state index contributed by atoms with van der Waals surface area (Å²) in [6, 6.07) is 59.6. The Kier molecular flexibility index (Phi) is 5.27. The van der Waals surface area contributed by atoms with Crippen LogP contribution < -0.4 is 0 Å². The Labute approximate surface area is 249 Å². The van der Waals surface area contributed by atoms with E-state index in [1.807, 2.05) is 0 Å². The van der Waals surface area contributed by atoms with Crippen LogP contribution in [0.3, 0.4) is 0 Å². The minimum absolute atomic E-state index is 1.18. The zero-order valence-corrected chi connectivity index (χ0v) is 23.5. The van der Waals surface area contributed by atoms with E-state index in [9.17, 15) is 0 Å². The van der Waals surface area contributed by atoms with Crippen molar-refractivity contribution in [1.82, 2.24) is 4.57 Å². The molecule has 0 aliphatic carbocycles. The van der Waals surface area contributed by atoms with Gasteiger partial charge in [0.15, 0.2) is 0 Å². The number of fused-ring (bicyclic) bond motifs is 10. The number of nitrogens with zero attached hydrogens (tertiary/aromatic N) is 1. The van der Waals surface area contributed by atoms with E-state index < -0.39 is 0 Å². The number of rotatable bonds is 3. The maximum Gasteiger partial charge on any atom is 0.0626 e. The van der Waals surface area contributed by atoms with E-state index in [4.69, 9.17) is 0 Å². The monoisotopic (exact) mass is 545 g/mol. The molecular formula is C42H27N. The predicted octanol–water partition coefficient (Wildman–Crippen LogP) is 11.6. The molecule has 1 heteroatoms. The Morgan fingerprint density at radius 1 is 0.326 bits per heavy atom. The molecule has 1 aromatic heterocycles. The quantitative estimate of drug-likeness (QED) is 0.195. The number of hydrogen-bond donors (Lipinski definition) is 0. The SMILES string of the molecule is c1ccc(-c2cccc(-c3cc4c5ccccc5c5c(c6ccccc6n5-c5ccccc5)c4c4ccccc34)c2)cc1. The highest BCUT2D eigenvalue weighted by molar-refractivity contribution is 6.38. The van der Waals surface area contributed by atoms with Crippen molar-refractivity contribution in [2.75, 3.05) is 0 Å². The van der Waals surface area contributed by atoms with Gasteiger partial charge in [0, 0.05) is 27.2 Å². The van der Waals surface area contributed by atoms with Crippen molar-refractivity contribution >= 4 is 54.1 Å². The first kappa shape index (κ1) is 24.0. The maximum atomic E-state index is 2.46. The second kappa shape index (κ2) is 9.44. The lowest BCUT2D eigenvalue weighted by atomic mass is 9.88. The van der Waals surface area contributed by atoms with E-state index >= 15 is 0 Å². The van der Waals surface area contributed by atoms with Crippen molar-refractivity contribution in [3.63, 3.8) is 0 Å². The Hall–Kier alpha value is -5.66. The Bertz CT molecular complexity index is 2480. The van der Waals surface area contributed by atoms with Gasteiger partial charge < -0.3 is 4.57 Å². The molecule has 0 unspecified atom stereocenters. The molecule has 0 saturated heterocycles. The van der Waals surface area contributed by atoms with Crippen LogP contribution in [0, 0.1) is 0 Å². The van der Waals surface area contributed by atoms with E-state index in [-0.39, 0.29) is 0 Å². The number of para-hydroxylation sites is 2. The molecule has 0 radical (unpaired) electrons. The van der Waals surface area contributed by atoms with Crippen LogP contribution in [0.2, 0.25) is 0 Å². The molecule has 0 saturated carbocycles. The van der Waals surface area contributed by atoms with Gasteiger partial charge in [-0.2, -0.15) is 0 Å². The van der Waals surface area contributed by atoms with Gasteiger partial charge in [0.25, 0.3) is 0 Å². The van der Waals surface area contributed by atoms with E-state index in [1.54, 1.807) is 0 Å². The van der Waals surface area contributed by atoms with Gasteiger partial charge in [-0.05, 0) is 74.1 Å². The molecule has 9 aromatic rings. The summed E-state index contributed by atoms with van der Waals surface area (Å²) in [4.78, 5) is 0. The fourth-order valence-corrected chi connectivity index (χ4v) is 7.11. The van der Waals surface area contributed by atoms with E-state index in [0.717, 1.165) is 0 Å². The predicted molar refractivity (Wildman–Crippen MR) is 184 cm³/mol. The summed E-state index contributed by atoms with van der Waals surface area (Å²) < 4.78 is 2.46. The lowest BCUT2D eigenvalue weighted by Crippen LogP contribution is -1.94. The first-order valence-corrected chi connectivity index (χ1v) is 14.9. The topological polar surface area (TPSA) is 4.93 Å². The minimum Gasteiger partial charge on any atom is -0.309 e. The molecule has 0 spiro atoms. The molecule has 1 heterocycles. The van der Waals surface area contributed by atoms with Gasteiger partial charge >= 0.3 is 0 Å². The van der Waals surface area contributed by atoms with Gasteiger partial charge in [0.05, 0.1) is 11.0 Å². The third kappa shape index (κ3) is 3.58. The molecule has 0 bridgehead atoms. The normalized spacial score (nSPS) is 11.7. The summed E-state index contributed by atoms with van der Waals surface area (Å²) in [7, 11) is 0. The van der Waals surface area contributed by atoms with Crippen LogP contribution in [0.15, 0.2) is 164 Å². The average Bonchev–Trinajstić information content (AvgIpc) is 3.44. The standard InChI is InChI=1S/C42H27N/c1-3-14-28(15-4-1)29-16-13-17-30(26-29)37-27-38-33-21-8-10-23-35(33)42-41(40(38)34-22-9-7-20-32(34)37)36-24-11-12-25-39(36)43(42)31-18-5-2-6-19-31/h1-27H. The molecular weight excluding hydrogens is 518 g/mol. The second-order valence-electron chi connectivity index (χ2n) is 11.3. The van der Waals surface area contributed by atoms with Crippen molar-refractivity contribution in [3.8, 4) is 27.9 Å². The van der Waals surface area contributed by atoms with Crippen LogP contribution in [-0.2, 0) is 0 Å². The van der Waals surface area contributed by atoms with Crippen molar-refractivity contribution in [2.45, 2.75) is 0 Å². The molecule has 0 amide bonds. The maximum absolute atomic E-state index is 2.46. The lowest BCUT2D eigenvalue weighted by molar-refractivity contribution is 1.19. The van der Waals surface area contributed by atoms with Crippen LogP contribution in [0.1, 0.15) is 0 Å². The van der Waals surface area contributed by atoms with Crippen molar-refractivity contribution < 1.29 is 0 Å². The molecule has 0 fully saturated rings. The fraction of sp³-hybridized carbons (Fsp3) is 0. The van der Waals surface area contributed by atoms with E-state index in [2.05, 4.69) is 168 Å². The van der Waals surface area contributed by atoms with E-state index in [0.29, 0.717) is 0 Å². The number of hydrogen-bond acceptors (Lipinski definition) is 0. The molecule has 43 heavy (non-hydrogen) atoms. The molecule has 0 aliphatic rings. The summed E-state index contributed by atoms with van der Waals surface area (Å²) in [5.41, 5.74) is 8.62. The fourth-order valence-electron chi connectivity index (χ4n) is 7.11. The number of aromatic nitrogens is 1. The van der Waals surface area contributed by atoms with Crippen LogP contribution >= 0.6 is 0 Å². The number of benzene rings is 8. The molecule has 1 nitrogen and oxygen atoms in total. The molecule has 9 rings (SSSR count). The third-order valence-electron chi connectivity index (χ3n) is 8.94. The highest BCUT2D eigenvalue weighted by Crippen LogP contribution is 2.47. The van der Waals surface area contributed by atoms with Gasteiger partial charge in [0.1, 0.15) is 0 Å². The Morgan fingerprint density at radius 2 is 0.907 bits per heavy atom. The van der Waals surface area contributed by atoms with Crippen LogP contribution in [0.4, 0.5) is 0 Å².